The molecule has 2 aromatic heterocycles. The molecule has 10 heteroatoms. The molecule has 1 amide bonds. The Labute approximate surface area is 206 Å². The fraction of sp³-hybridized carbons (Fsp3) is 0.385. The number of rotatable bonds is 4. The van der Waals surface area contributed by atoms with Gasteiger partial charge in [0.05, 0.1) is 36.2 Å². The number of allylic oxidation sites excluding steroid dienone is 1. The average molecular weight is 497 g/mol. The maximum Gasteiger partial charge on any atom is 0.407 e. The fourth-order valence-electron chi connectivity index (χ4n) is 5.12. The van der Waals surface area contributed by atoms with Crippen molar-refractivity contribution in [2.45, 2.75) is 45.3 Å². The number of nitrogens with zero attached hydrogens (tertiary/aromatic N) is 4. The summed E-state index contributed by atoms with van der Waals surface area (Å²) in [6, 6.07) is 6.04. The smallest absolute Gasteiger partial charge is 0.407 e. The highest BCUT2D eigenvalue weighted by molar-refractivity contribution is 5.73. The van der Waals surface area contributed by atoms with Gasteiger partial charge in [-0.3, -0.25) is 0 Å². The van der Waals surface area contributed by atoms with Gasteiger partial charge in [0.1, 0.15) is 28.9 Å². The fourth-order valence-corrected chi connectivity index (χ4v) is 5.12. The van der Waals surface area contributed by atoms with Crippen molar-refractivity contribution in [1.29, 1.82) is 0 Å². The van der Waals surface area contributed by atoms with E-state index in [4.69, 9.17) is 4.74 Å². The number of carbonyl (C=O) groups excluding carboxylic acids is 1. The van der Waals surface area contributed by atoms with Crippen molar-refractivity contribution in [3.63, 3.8) is 0 Å². The molecule has 5 rings (SSSR count). The summed E-state index contributed by atoms with van der Waals surface area (Å²) >= 11 is 0. The summed E-state index contributed by atoms with van der Waals surface area (Å²) in [5.41, 5.74) is 2.47. The predicted octanol–water partition coefficient (Wildman–Crippen LogP) is 4.21. The van der Waals surface area contributed by atoms with E-state index in [1.807, 2.05) is 31.9 Å². The second-order valence-electron chi connectivity index (χ2n) is 9.36. The zero-order chi connectivity index (χ0) is 25.6. The number of morpholine rings is 1. The molecule has 4 heterocycles. The Morgan fingerprint density at radius 3 is 2.72 bits per heavy atom. The molecule has 2 fully saturated rings. The molecule has 2 aliphatic heterocycles. The molecule has 3 aromatic rings. The second kappa shape index (κ2) is 9.37. The van der Waals surface area contributed by atoms with Crippen molar-refractivity contribution in [1.82, 2.24) is 14.3 Å². The van der Waals surface area contributed by atoms with Crippen molar-refractivity contribution in [3.8, 4) is 11.3 Å². The average Bonchev–Trinajstić information content (AvgIpc) is 3.38. The molecule has 8 nitrogen and oxygen atoms in total. The van der Waals surface area contributed by atoms with Crippen LogP contribution in [0.1, 0.15) is 31.0 Å². The lowest BCUT2D eigenvalue weighted by atomic mass is 10.0. The SMILES string of the molecule is Cc1ccn2c(C[C@H]3CN(C(=O)O)CCO3)c(-c3c(F)cc(N4C(=C=O)CCC4C)cc3F)nc2c1. The first-order valence-corrected chi connectivity index (χ1v) is 11.9. The number of carbonyl (C=O) groups is 1. The first-order chi connectivity index (χ1) is 17.3. The van der Waals surface area contributed by atoms with Gasteiger partial charge in [0.15, 0.2) is 0 Å². The number of imidazole rings is 1. The van der Waals surface area contributed by atoms with E-state index in [1.165, 1.54) is 17.0 Å². The molecule has 0 aliphatic carbocycles. The van der Waals surface area contributed by atoms with Gasteiger partial charge < -0.3 is 24.0 Å². The van der Waals surface area contributed by atoms with Crippen LogP contribution in [-0.2, 0) is 16.0 Å². The molecular formula is C26H26F2N4O4. The Hall–Kier alpha value is -3.75. The topological polar surface area (TPSA) is 87.4 Å². The van der Waals surface area contributed by atoms with Crippen LogP contribution in [0.5, 0.6) is 0 Å². The maximum absolute atomic E-state index is 15.6. The first-order valence-electron chi connectivity index (χ1n) is 11.9. The summed E-state index contributed by atoms with van der Waals surface area (Å²) in [6.07, 6.45) is 1.66. The van der Waals surface area contributed by atoms with E-state index in [0.717, 1.165) is 5.56 Å². The number of aryl methyl sites for hydroxylation is 1. The molecule has 1 N–H and O–H groups in total. The lowest BCUT2D eigenvalue weighted by Crippen LogP contribution is -2.45. The molecule has 1 aromatic carbocycles. The van der Waals surface area contributed by atoms with Crippen LogP contribution in [0.25, 0.3) is 16.9 Å². The minimum atomic E-state index is -1.04. The summed E-state index contributed by atoms with van der Waals surface area (Å²) in [5, 5.41) is 9.38. The quantitative estimate of drug-likeness (QED) is 0.545. The Morgan fingerprint density at radius 1 is 1.28 bits per heavy atom. The van der Waals surface area contributed by atoms with Crippen LogP contribution in [0.3, 0.4) is 0 Å². The number of halogens is 2. The number of hydrogen-bond donors (Lipinski definition) is 1. The van der Waals surface area contributed by atoms with Gasteiger partial charge >= 0.3 is 6.09 Å². The number of hydrogen-bond acceptors (Lipinski definition) is 5. The third-order valence-electron chi connectivity index (χ3n) is 6.90. The summed E-state index contributed by atoms with van der Waals surface area (Å²) in [6.45, 7) is 4.43. The third kappa shape index (κ3) is 4.23. The molecule has 0 bridgehead atoms. The highest BCUT2D eigenvalue weighted by Gasteiger charge is 2.31. The van der Waals surface area contributed by atoms with E-state index < -0.39 is 23.8 Å². The molecule has 2 saturated heterocycles. The highest BCUT2D eigenvalue weighted by Crippen LogP contribution is 2.37. The van der Waals surface area contributed by atoms with E-state index in [-0.39, 0.29) is 49.1 Å². The number of aromatic nitrogens is 2. The summed E-state index contributed by atoms with van der Waals surface area (Å²) in [7, 11) is 0. The second-order valence-corrected chi connectivity index (χ2v) is 9.36. The van der Waals surface area contributed by atoms with Gasteiger partial charge in [0.25, 0.3) is 0 Å². The van der Waals surface area contributed by atoms with Crippen LogP contribution in [0.15, 0.2) is 36.2 Å². The minimum Gasteiger partial charge on any atom is -0.465 e. The highest BCUT2D eigenvalue weighted by atomic mass is 19.1. The number of anilines is 1. The van der Waals surface area contributed by atoms with Crippen LogP contribution in [-0.4, -0.2) is 63.3 Å². The molecule has 0 spiro atoms. The van der Waals surface area contributed by atoms with Gasteiger partial charge in [-0.2, -0.15) is 0 Å². The van der Waals surface area contributed by atoms with Crippen molar-refractivity contribution in [3.05, 3.63) is 59.1 Å². The van der Waals surface area contributed by atoms with Gasteiger partial charge in [-0.15, -0.1) is 0 Å². The molecule has 2 aliphatic rings. The third-order valence-corrected chi connectivity index (χ3v) is 6.90. The van der Waals surface area contributed by atoms with Crippen LogP contribution in [0, 0.1) is 18.6 Å². The largest absolute Gasteiger partial charge is 0.465 e. The van der Waals surface area contributed by atoms with Gasteiger partial charge in [-0.1, -0.05) is 0 Å². The van der Waals surface area contributed by atoms with Crippen molar-refractivity contribution < 1.29 is 28.2 Å². The molecule has 188 valence electrons. The van der Waals surface area contributed by atoms with Crippen molar-refractivity contribution >= 4 is 23.4 Å². The lowest BCUT2D eigenvalue weighted by molar-refractivity contribution is -0.0214. The Balaban J connectivity index is 1.59. The van der Waals surface area contributed by atoms with Crippen LogP contribution in [0.2, 0.25) is 0 Å². The predicted molar refractivity (Wildman–Crippen MR) is 129 cm³/mol. The number of benzene rings is 1. The Kier molecular flexibility index (Phi) is 6.24. The van der Waals surface area contributed by atoms with E-state index in [1.54, 1.807) is 15.5 Å². The Bertz CT molecular complexity index is 1380. The molecule has 0 saturated carbocycles. The molecule has 0 radical (unpaired) electrons. The lowest BCUT2D eigenvalue weighted by Gasteiger charge is -2.31. The number of fused-ring (bicyclic) bond motifs is 1. The summed E-state index contributed by atoms with van der Waals surface area (Å²) in [5.74, 6) is 0.292. The zero-order valence-electron chi connectivity index (χ0n) is 20.0. The van der Waals surface area contributed by atoms with Gasteiger partial charge in [0, 0.05) is 37.3 Å². The molecule has 2 atom stereocenters. The van der Waals surface area contributed by atoms with Gasteiger partial charge in [0.2, 0.25) is 0 Å². The normalized spacial score (nSPS) is 20.3. The first kappa shape index (κ1) is 24.0. The number of carboxylic acid groups (broad SMARTS) is 1. The van der Waals surface area contributed by atoms with Crippen molar-refractivity contribution in [2.75, 3.05) is 24.6 Å². The monoisotopic (exact) mass is 496 g/mol. The van der Waals surface area contributed by atoms with Crippen LogP contribution >= 0.6 is 0 Å². The van der Waals surface area contributed by atoms with Gasteiger partial charge in [-0.25, -0.2) is 23.4 Å². The molecule has 36 heavy (non-hydrogen) atoms. The maximum atomic E-state index is 15.6. The van der Waals surface area contributed by atoms with E-state index in [0.29, 0.717) is 29.9 Å². The van der Waals surface area contributed by atoms with E-state index in [9.17, 15) is 14.7 Å². The van der Waals surface area contributed by atoms with Crippen molar-refractivity contribution in [2.24, 2.45) is 0 Å². The van der Waals surface area contributed by atoms with Crippen LogP contribution < -0.4 is 4.90 Å². The molecule has 1 unspecified atom stereocenters. The van der Waals surface area contributed by atoms with E-state index in [2.05, 4.69) is 4.98 Å². The number of pyridine rings is 1. The summed E-state index contributed by atoms with van der Waals surface area (Å²) < 4.78 is 38.8. The van der Waals surface area contributed by atoms with Crippen LogP contribution in [0.4, 0.5) is 19.3 Å². The zero-order valence-corrected chi connectivity index (χ0v) is 20.0. The summed E-state index contributed by atoms with van der Waals surface area (Å²) in [4.78, 5) is 30.3. The van der Waals surface area contributed by atoms with Gasteiger partial charge in [-0.05, 0) is 50.1 Å². The minimum absolute atomic E-state index is 0.0829. The molecular weight excluding hydrogens is 470 g/mol. The number of ether oxygens (including phenoxy) is 1. The van der Waals surface area contributed by atoms with E-state index >= 15 is 8.78 Å². The Morgan fingerprint density at radius 2 is 2.03 bits per heavy atom. The number of amides is 1. The standard InChI is InChI=1S/C26H26F2N4O4/c1-15-5-6-31-22(12-19-13-30(26(34)35)7-8-36-19)25(29-23(31)9-15)24-20(27)10-18(11-21(24)28)32-16(2)3-4-17(32)14-33/h5-6,9-11,16,19H,3-4,7-8,12-13H2,1-2H3,(H,34,35)/t16?,19-/m0/s1.